The van der Waals surface area contributed by atoms with E-state index in [4.69, 9.17) is 0 Å². The number of rotatable bonds is 8. The molecular formula is C27H28N4O3. The molecule has 0 aliphatic carbocycles. The first-order valence-corrected chi connectivity index (χ1v) is 11.4. The summed E-state index contributed by atoms with van der Waals surface area (Å²) in [4.78, 5) is 27.6. The Kier molecular flexibility index (Phi) is 7.80. The van der Waals surface area contributed by atoms with Crippen molar-refractivity contribution in [1.29, 1.82) is 0 Å². The zero-order valence-corrected chi connectivity index (χ0v) is 18.9. The molecule has 4 rings (SSSR count). The Hall–Kier alpha value is -3.81. The molecule has 1 fully saturated rings. The van der Waals surface area contributed by atoms with Crippen LogP contribution in [0.3, 0.4) is 0 Å². The van der Waals surface area contributed by atoms with Crippen molar-refractivity contribution < 1.29 is 19.6 Å². The highest BCUT2D eigenvalue weighted by Crippen LogP contribution is 2.07. The predicted octanol–water partition coefficient (Wildman–Crippen LogP) is 0.715. The molecule has 3 aromatic rings. The van der Waals surface area contributed by atoms with Gasteiger partial charge in [-0.2, -0.15) is 5.10 Å². The van der Waals surface area contributed by atoms with Gasteiger partial charge in [0, 0.05) is 41.9 Å². The summed E-state index contributed by atoms with van der Waals surface area (Å²) in [5, 5.41) is 15.0. The number of hydrogen-bond acceptors (Lipinski definition) is 5. The van der Waals surface area contributed by atoms with Crippen molar-refractivity contribution in [2.24, 2.45) is 5.10 Å². The second-order valence-corrected chi connectivity index (χ2v) is 8.46. The number of hydrazone groups is 1. The van der Waals surface area contributed by atoms with Gasteiger partial charge in [-0.1, -0.05) is 66.7 Å². The SMILES string of the molecule is O=C(N/N=C/c1ccccc1C(=O)[O-])c1ccc(C[NH+]2CCN(Cc3ccccc3)CC2)cc1. The Labute approximate surface area is 199 Å². The minimum atomic E-state index is -1.29. The number of carbonyl (C=O) groups excluding carboxylic acids is 2. The molecule has 0 spiro atoms. The van der Waals surface area contributed by atoms with E-state index in [0.717, 1.165) is 39.3 Å². The maximum Gasteiger partial charge on any atom is 0.271 e. The van der Waals surface area contributed by atoms with E-state index in [9.17, 15) is 14.7 Å². The fourth-order valence-electron chi connectivity index (χ4n) is 4.13. The lowest BCUT2D eigenvalue weighted by atomic mass is 10.1. The Bertz CT molecular complexity index is 1140. The second-order valence-electron chi connectivity index (χ2n) is 8.46. The molecule has 0 saturated carbocycles. The van der Waals surface area contributed by atoms with Crippen LogP contribution in [0.1, 0.15) is 37.4 Å². The quantitative estimate of drug-likeness (QED) is 0.386. The first-order valence-electron chi connectivity index (χ1n) is 11.4. The number of amides is 1. The van der Waals surface area contributed by atoms with E-state index in [-0.39, 0.29) is 11.5 Å². The van der Waals surface area contributed by atoms with Crippen LogP contribution in [0.4, 0.5) is 0 Å². The standard InChI is InChI=1S/C27H28N4O3/c32-26(29-28-18-24-8-4-5-9-25(24)27(33)34)23-12-10-22(11-13-23)20-31-16-14-30(15-17-31)19-21-6-2-1-3-7-21/h1-13,18H,14-17,19-20H2,(H,29,32)(H,33,34)/b28-18+. The molecule has 0 aromatic heterocycles. The molecule has 1 saturated heterocycles. The number of nitrogens with zero attached hydrogens (tertiary/aromatic N) is 2. The number of nitrogens with one attached hydrogen (secondary N) is 2. The number of benzene rings is 3. The molecule has 174 valence electrons. The van der Waals surface area contributed by atoms with Gasteiger partial charge in [-0.15, -0.1) is 0 Å². The molecule has 2 N–H and O–H groups in total. The third-order valence-corrected chi connectivity index (χ3v) is 6.03. The smallest absolute Gasteiger partial charge is 0.271 e. The Balaban J connectivity index is 1.25. The van der Waals surface area contributed by atoms with Crippen molar-refractivity contribution in [1.82, 2.24) is 10.3 Å². The summed E-state index contributed by atoms with van der Waals surface area (Å²) >= 11 is 0. The van der Waals surface area contributed by atoms with Gasteiger partial charge in [0.15, 0.2) is 0 Å². The van der Waals surface area contributed by atoms with Crippen LogP contribution in [-0.2, 0) is 13.1 Å². The summed E-state index contributed by atoms with van der Waals surface area (Å²) in [5.41, 5.74) is 5.87. The van der Waals surface area contributed by atoms with Crippen molar-refractivity contribution in [2.75, 3.05) is 26.2 Å². The Morgan fingerprint density at radius 2 is 1.59 bits per heavy atom. The number of carboxylic acids is 1. The second kappa shape index (κ2) is 11.4. The van der Waals surface area contributed by atoms with Gasteiger partial charge in [0.1, 0.15) is 6.54 Å². The lowest BCUT2D eigenvalue weighted by Gasteiger charge is -2.32. The normalized spacial score (nSPS) is 14.8. The first-order chi connectivity index (χ1) is 16.6. The van der Waals surface area contributed by atoms with Crippen LogP contribution in [0.5, 0.6) is 0 Å². The summed E-state index contributed by atoms with van der Waals surface area (Å²) in [6, 6.07) is 24.4. The lowest BCUT2D eigenvalue weighted by Crippen LogP contribution is -3.13. The van der Waals surface area contributed by atoms with Crippen molar-refractivity contribution in [3.63, 3.8) is 0 Å². The van der Waals surface area contributed by atoms with Gasteiger partial charge in [-0.3, -0.25) is 9.69 Å². The average Bonchev–Trinajstić information content (AvgIpc) is 2.86. The third-order valence-electron chi connectivity index (χ3n) is 6.03. The van der Waals surface area contributed by atoms with Crippen molar-refractivity contribution >= 4 is 18.1 Å². The van der Waals surface area contributed by atoms with Crippen LogP contribution in [0, 0.1) is 0 Å². The predicted molar refractivity (Wildman–Crippen MR) is 128 cm³/mol. The highest BCUT2D eigenvalue weighted by atomic mass is 16.4. The van der Waals surface area contributed by atoms with E-state index in [2.05, 4.69) is 39.7 Å². The third kappa shape index (κ3) is 6.37. The maximum absolute atomic E-state index is 12.4. The molecular weight excluding hydrogens is 428 g/mol. The number of aromatic carboxylic acids is 1. The zero-order valence-electron chi connectivity index (χ0n) is 18.9. The van der Waals surface area contributed by atoms with Crippen LogP contribution < -0.4 is 15.4 Å². The van der Waals surface area contributed by atoms with E-state index in [0.29, 0.717) is 11.1 Å². The minimum absolute atomic E-state index is 0.0215. The number of piperazine rings is 1. The fraction of sp³-hybridized carbons (Fsp3) is 0.222. The van der Waals surface area contributed by atoms with E-state index in [1.165, 1.54) is 28.3 Å². The van der Waals surface area contributed by atoms with Crippen LogP contribution >= 0.6 is 0 Å². The molecule has 1 heterocycles. The summed E-state index contributed by atoms with van der Waals surface area (Å²) in [5.74, 6) is -1.64. The van der Waals surface area contributed by atoms with Gasteiger partial charge < -0.3 is 14.8 Å². The summed E-state index contributed by atoms with van der Waals surface area (Å²) < 4.78 is 0. The number of quaternary nitrogens is 1. The maximum atomic E-state index is 12.4. The van der Waals surface area contributed by atoms with Gasteiger partial charge in [0.25, 0.3) is 5.91 Å². The molecule has 0 bridgehead atoms. The highest BCUT2D eigenvalue weighted by Gasteiger charge is 2.20. The molecule has 34 heavy (non-hydrogen) atoms. The van der Waals surface area contributed by atoms with Crippen LogP contribution in [0.25, 0.3) is 0 Å². The van der Waals surface area contributed by atoms with Gasteiger partial charge in [0.2, 0.25) is 0 Å². The van der Waals surface area contributed by atoms with Crippen LogP contribution in [0.15, 0.2) is 84.0 Å². The lowest BCUT2D eigenvalue weighted by molar-refractivity contribution is -0.918. The number of carboxylic acid groups (broad SMARTS) is 1. The Morgan fingerprint density at radius 3 is 2.29 bits per heavy atom. The van der Waals surface area contributed by atoms with E-state index in [1.807, 2.05) is 18.2 Å². The summed E-state index contributed by atoms with van der Waals surface area (Å²) in [7, 11) is 0. The monoisotopic (exact) mass is 456 g/mol. The van der Waals surface area contributed by atoms with Crippen molar-refractivity contribution in [2.45, 2.75) is 13.1 Å². The Morgan fingerprint density at radius 1 is 0.912 bits per heavy atom. The van der Waals surface area contributed by atoms with Gasteiger partial charge in [0.05, 0.1) is 25.3 Å². The molecule has 1 aliphatic heterocycles. The largest absolute Gasteiger partial charge is 0.545 e. The van der Waals surface area contributed by atoms with Gasteiger partial charge in [-0.05, 0) is 17.7 Å². The van der Waals surface area contributed by atoms with Gasteiger partial charge >= 0.3 is 0 Å². The number of hydrogen-bond donors (Lipinski definition) is 2. The molecule has 3 aromatic carbocycles. The molecule has 7 nitrogen and oxygen atoms in total. The molecule has 0 radical (unpaired) electrons. The minimum Gasteiger partial charge on any atom is -0.545 e. The van der Waals surface area contributed by atoms with Gasteiger partial charge in [-0.25, -0.2) is 5.43 Å². The molecule has 0 atom stereocenters. The number of carbonyl (C=O) groups is 2. The van der Waals surface area contributed by atoms with Crippen molar-refractivity contribution in [3.05, 3.63) is 107 Å². The molecule has 1 aliphatic rings. The summed E-state index contributed by atoms with van der Waals surface area (Å²) in [6.07, 6.45) is 1.30. The molecule has 0 unspecified atom stereocenters. The van der Waals surface area contributed by atoms with Crippen molar-refractivity contribution in [3.8, 4) is 0 Å². The summed E-state index contributed by atoms with van der Waals surface area (Å²) in [6.45, 7) is 6.26. The van der Waals surface area contributed by atoms with Crippen LogP contribution in [0.2, 0.25) is 0 Å². The van der Waals surface area contributed by atoms with E-state index in [1.54, 1.807) is 30.3 Å². The topological polar surface area (TPSA) is 89.3 Å². The van der Waals surface area contributed by atoms with E-state index >= 15 is 0 Å². The first kappa shape index (κ1) is 23.4. The molecule has 1 amide bonds. The van der Waals surface area contributed by atoms with Crippen LogP contribution in [-0.4, -0.2) is 49.2 Å². The van der Waals surface area contributed by atoms with E-state index < -0.39 is 5.97 Å². The zero-order chi connectivity index (χ0) is 23.8. The highest BCUT2D eigenvalue weighted by molar-refractivity contribution is 5.98. The molecule has 7 heteroatoms. The average molecular weight is 457 g/mol. The fourth-order valence-corrected chi connectivity index (χ4v) is 4.13.